The standard InChI is InChI=1S/2C10H5F3N.2C5H5.Ti/c2*11-7-5-8(12)10(9(13)6-7)14-3-1-2-4-14;2*1-2-4-5-3-1;/h2*1-5H;2*1-5H;. The predicted octanol–water partition coefficient (Wildman–Crippen LogP) is 7.04. The number of hydrogen-bond donors (Lipinski definition) is 0. The number of nitrogens with zero attached hydrogens (tertiary/aromatic N) is 2. The number of hydrogen-bond acceptors (Lipinski definition) is 0. The summed E-state index contributed by atoms with van der Waals surface area (Å²) in [5.74, 6) is -7.29. The van der Waals surface area contributed by atoms with Crippen molar-refractivity contribution in [3.8, 4) is 11.4 Å². The Labute approximate surface area is 223 Å². The molecule has 0 atom stereocenters. The molecule has 4 aromatic rings. The van der Waals surface area contributed by atoms with Crippen molar-refractivity contribution in [3.05, 3.63) is 145 Å². The van der Waals surface area contributed by atoms with E-state index in [1.807, 2.05) is 0 Å². The zero-order chi connectivity index (χ0) is 27.3. The van der Waals surface area contributed by atoms with Gasteiger partial charge in [0, 0.05) is 0 Å². The van der Waals surface area contributed by atoms with Crippen LogP contribution in [0.25, 0.3) is 11.4 Å². The Balaban J connectivity index is 1.80. The Bertz CT molecular complexity index is 1530. The van der Waals surface area contributed by atoms with Crippen LogP contribution in [0, 0.1) is 34.9 Å². The summed E-state index contributed by atoms with van der Waals surface area (Å²) >= 11 is -5.19. The van der Waals surface area contributed by atoms with Gasteiger partial charge in [-0.1, -0.05) is 0 Å². The predicted molar refractivity (Wildman–Crippen MR) is 135 cm³/mol. The van der Waals surface area contributed by atoms with Crippen molar-refractivity contribution in [1.29, 1.82) is 0 Å². The van der Waals surface area contributed by atoms with Gasteiger partial charge in [-0.25, -0.2) is 0 Å². The van der Waals surface area contributed by atoms with Gasteiger partial charge in [0.1, 0.15) is 0 Å². The van der Waals surface area contributed by atoms with Crippen LogP contribution in [0.1, 0.15) is 0 Å². The van der Waals surface area contributed by atoms with Crippen LogP contribution in [0.4, 0.5) is 26.3 Å². The van der Waals surface area contributed by atoms with E-state index in [0.717, 1.165) is 9.13 Å². The van der Waals surface area contributed by atoms with Gasteiger partial charge in [-0.3, -0.25) is 0 Å². The Morgan fingerprint density at radius 3 is 1.15 bits per heavy atom. The maximum atomic E-state index is 16.7. The fraction of sp³-hybridized carbons (Fsp3) is 0.0667. The SMILES string of the molecule is Fc1cc(F)[c]([Ti]([c]2c(F)cc(F)c(-n3cccc3)c2F)([CH]2C=CC=C2)[CH]2C=CC=C2)c(F)c1-n1cccc1. The van der Waals surface area contributed by atoms with Gasteiger partial charge in [0.25, 0.3) is 0 Å². The van der Waals surface area contributed by atoms with Crippen LogP contribution in [0.2, 0.25) is 8.45 Å². The van der Waals surface area contributed by atoms with E-state index in [4.69, 9.17) is 0 Å². The van der Waals surface area contributed by atoms with Gasteiger partial charge in [0.2, 0.25) is 0 Å². The van der Waals surface area contributed by atoms with Gasteiger partial charge in [0.15, 0.2) is 0 Å². The second kappa shape index (κ2) is 9.77. The van der Waals surface area contributed by atoms with Crippen LogP contribution in [0.3, 0.4) is 0 Å². The molecular weight excluding hydrogens is 550 g/mol. The Morgan fingerprint density at radius 2 is 0.821 bits per heavy atom. The minimum atomic E-state index is -5.19. The third kappa shape index (κ3) is 3.85. The number of benzene rings is 2. The van der Waals surface area contributed by atoms with Crippen LogP contribution in [0.5, 0.6) is 0 Å². The first-order valence-corrected chi connectivity index (χ1v) is 15.5. The molecule has 2 heterocycles. The van der Waals surface area contributed by atoms with Gasteiger partial charge in [0.05, 0.1) is 0 Å². The molecule has 0 bridgehead atoms. The van der Waals surface area contributed by atoms with Crippen molar-refractivity contribution in [3.63, 3.8) is 0 Å². The van der Waals surface area contributed by atoms with E-state index in [-0.39, 0.29) is 0 Å². The van der Waals surface area contributed by atoms with E-state index >= 15 is 26.3 Å². The molecule has 2 aromatic carbocycles. The van der Waals surface area contributed by atoms with Crippen molar-refractivity contribution >= 4 is 7.74 Å². The molecule has 9 heteroatoms. The first-order chi connectivity index (χ1) is 18.9. The van der Waals surface area contributed by atoms with Gasteiger partial charge in [-0.15, -0.1) is 0 Å². The Hall–Kier alpha value is -3.75. The van der Waals surface area contributed by atoms with E-state index in [2.05, 4.69) is 0 Å². The summed E-state index contributed by atoms with van der Waals surface area (Å²) in [6.07, 6.45) is 18.7. The van der Waals surface area contributed by atoms with E-state index < -0.39 is 79.0 Å². The summed E-state index contributed by atoms with van der Waals surface area (Å²) in [7, 11) is 0. The second-order valence-electron chi connectivity index (χ2n) is 9.40. The van der Waals surface area contributed by atoms with Gasteiger partial charge < -0.3 is 0 Å². The number of allylic oxidation sites excluding steroid dienone is 8. The molecule has 0 fully saturated rings. The summed E-state index contributed by atoms with van der Waals surface area (Å²) in [5.41, 5.74) is -1.12. The molecule has 2 aromatic heterocycles. The van der Waals surface area contributed by atoms with Crippen molar-refractivity contribution in [2.75, 3.05) is 0 Å². The van der Waals surface area contributed by atoms with Crippen molar-refractivity contribution in [1.82, 2.24) is 9.13 Å². The Morgan fingerprint density at radius 1 is 0.487 bits per heavy atom. The zero-order valence-corrected chi connectivity index (χ0v) is 21.8. The van der Waals surface area contributed by atoms with Crippen molar-refractivity contribution < 1.29 is 42.9 Å². The molecule has 0 unspecified atom stereocenters. The maximum absolute atomic E-state index is 16.7. The molecule has 0 radical (unpaired) electrons. The second-order valence-corrected chi connectivity index (χ2v) is 15.8. The first-order valence-electron chi connectivity index (χ1n) is 12.2. The molecule has 39 heavy (non-hydrogen) atoms. The topological polar surface area (TPSA) is 9.86 Å². The average Bonchev–Trinajstić information content (AvgIpc) is 3.70. The molecule has 2 aliphatic carbocycles. The van der Waals surface area contributed by atoms with Crippen LogP contribution in [-0.2, 0) is 16.6 Å². The summed E-state index contributed by atoms with van der Waals surface area (Å²) < 4.78 is 95.4. The minimum absolute atomic E-state index is 0.551. The summed E-state index contributed by atoms with van der Waals surface area (Å²) in [4.78, 5) is 0. The van der Waals surface area contributed by atoms with Gasteiger partial charge >= 0.3 is 224 Å². The van der Waals surface area contributed by atoms with E-state index in [1.54, 1.807) is 72.9 Å². The molecule has 0 saturated carbocycles. The van der Waals surface area contributed by atoms with Crippen LogP contribution in [0.15, 0.2) is 110 Å². The molecule has 0 aliphatic heterocycles. The summed E-state index contributed by atoms with van der Waals surface area (Å²) in [5, 5.41) is 0. The molecule has 0 N–H and O–H groups in total. The van der Waals surface area contributed by atoms with Crippen LogP contribution >= 0.6 is 0 Å². The normalized spacial score (nSPS) is 15.3. The fourth-order valence-electron chi connectivity index (χ4n) is 5.84. The third-order valence-electron chi connectivity index (χ3n) is 7.39. The van der Waals surface area contributed by atoms with Crippen LogP contribution < -0.4 is 7.74 Å². The molecule has 0 saturated heterocycles. The van der Waals surface area contributed by atoms with Crippen molar-refractivity contribution in [2.45, 2.75) is 8.45 Å². The molecular formula is C30H20F6N2Ti. The Kier molecular flexibility index (Phi) is 6.40. The molecule has 196 valence electrons. The molecule has 0 amide bonds. The van der Waals surface area contributed by atoms with Crippen molar-refractivity contribution in [2.24, 2.45) is 0 Å². The van der Waals surface area contributed by atoms with Gasteiger partial charge in [-0.2, -0.15) is 0 Å². The van der Waals surface area contributed by atoms with E-state index in [0.29, 0.717) is 12.1 Å². The average molecular weight is 570 g/mol. The molecule has 2 aliphatic rings. The quantitative estimate of drug-likeness (QED) is 0.174. The van der Waals surface area contributed by atoms with Gasteiger partial charge in [-0.05, 0) is 0 Å². The fourth-order valence-corrected chi connectivity index (χ4v) is 14.6. The number of rotatable bonds is 6. The van der Waals surface area contributed by atoms with Crippen LogP contribution in [-0.4, -0.2) is 9.13 Å². The first kappa shape index (κ1) is 25.5. The number of aromatic nitrogens is 2. The summed E-state index contributed by atoms with van der Waals surface area (Å²) in [6.45, 7) is 0. The molecule has 6 rings (SSSR count). The molecule has 0 spiro atoms. The van der Waals surface area contributed by atoms with E-state index in [9.17, 15) is 0 Å². The summed E-state index contributed by atoms with van der Waals surface area (Å²) in [6, 6.07) is 7.30. The molecule has 2 nitrogen and oxygen atoms in total. The third-order valence-corrected chi connectivity index (χ3v) is 15.9. The number of halogens is 6. The van der Waals surface area contributed by atoms with E-state index in [1.165, 1.54) is 24.8 Å². The monoisotopic (exact) mass is 570 g/mol. The zero-order valence-electron chi connectivity index (χ0n) is 20.2.